The molecule has 0 saturated carbocycles. The minimum atomic E-state index is -0.427. The molecule has 1 N–H and O–H groups in total. The highest BCUT2D eigenvalue weighted by molar-refractivity contribution is 6.25. The summed E-state index contributed by atoms with van der Waals surface area (Å²) >= 11 is 0. The fraction of sp³-hybridized carbons (Fsp3) is 0.0182. The van der Waals surface area contributed by atoms with Crippen LogP contribution in [0.5, 0.6) is 0 Å². The zero-order valence-electron chi connectivity index (χ0n) is 30.6. The lowest BCUT2D eigenvalue weighted by molar-refractivity contribution is 0.794. The highest BCUT2D eigenvalue weighted by atomic mass is 14.9. The molecule has 10 aromatic rings. The molecular weight excluding hydrogens is 675 g/mol. The van der Waals surface area contributed by atoms with Gasteiger partial charge in [0.2, 0.25) is 0 Å². The molecule has 0 aromatic heterocycles. The van der Waals surface area contributed by atoms with E-state index in [-0.39, 0.29) is 0 Å². The normalized spacial score (nSPS) is 13.1. The molecule has 0 aliphatic heterocycles. The molecule has 56 heavy (non-hydrogen) atoms. The summed E-state index contributed by atoms with van der Waals surface area (Å²) in [6, 6.07) is 76.3. The average Bonchev–Trinajstić information content (AvgIpc) is 3.73. The number of fused-ring (bicyclic) bond motifs is 16. The first kappa shape index (κ1) is 31.2. The molecule has 2 aliphatic rings. The van der Waals surface area contributed by atoms with Gasteiger partial charge in [-0.15, -0.1) is 0 Å². The molecule has 0 saturated heterocycles. The Hall–Kier alpha value is -7.22. The molecule has 0 amide bonds. The number of rotatable bonds is 4. The van der Waals surface area contributed by atoms with E-state index in [2.05, 4.69) is 212 Å². The number of hydrogen-bond acceptors (Lipinski definition) is 1. The standard InChI is InChI=1S/C55H35N/c1-2-14-35(15-3-1)36-26-28-37(29-27-36)47-33-49-46-22-10-13-25-52(46)55(50-23-11-8-20-44(50)45-21-9-12-24-51(45)55)53(49)34-54(47)56-38-30-31-43-41-18-5-4-16-39(41)40-17-6-7-19-42(40)48(43)32-38/h1-34,56H. The van der Waals surface area contributed by atoms with Gasteiger partial charge in [0, 0.05) is 16.9 Å². The Morgan fingerprint density at radius 2 is 0.714 bits per heavy atom. The zero-order chi connectivity index (χ0) is 36.8. The summed E-state index contributed by atoms with van der Waals surface area (Å²) in [6.07, 6.45) is 0. The Morgan fingerprint density at radius 1 is 0.268 bits per heavy atom. The second-order valence-electron chi connectivity index (χ2n) is 15.3. The van der Waals surface area contributed by atoms with Crippen molar-refractivity contribution in [3.63, 3.8) is 0 Å². The summed E-state index contributed by atoms with van der Waals surface area (Å²) in [5.41, 5.74) is 17.1. The average molecular weight is 710 g/mol. The van der Waals surface area contributed by atoms with Gasteiger partial charge in [-0.1, -0.05) is 182 Å². The second-order valence-corrected chi connectivity index (χ2v) is 15.3. The van der Waals surface area contributed by atoms with E-state index < -0.39 is 5.41 Å². The van der Waals surface area contributed by atoms with E-state index >= 15 is 0 Å². The third kappa shape index (κ3) is 4.31. The fourth-order valence-corrected chi connectivity index (χ4v) is 10.1. The van der Waals surface area contributed by atoms with E-state index in [1.165, 1.54) is 99.1 Å². The van der Waals surface area contributed by atoms with Crippen molar-refractivity contribution in [3.05, 3.63) is 229 Å². The van der Waals surface area contributed by atoms with Crippen LogP contribution >= 0.6 is 0 Å². The minimum absolute atomic E-state index is 0.427. The smallest absolute Gasteiger partial charge is 0.0726 e. The number of anilines is 2. The Morgan fingerprint density at radius 3 is 1.30 bits per heavy atom. The van der Waals surface area contributed by atoms with Crippen molar-refractivity contribution < 1.29 is 0 Å². The zero-order valence-corrected chi connectivity index (χ0v) is 30.6. The summed E-state index contributed by atoms with van der Waals surface area (Å²) in [5.74, 6) is 0. The lowest BCUT2D eigenvalue weighted by atomic mass is 9.70. The van der Waals surface area contributed by atoms with Crippen LogP contribution < -0.4 is 5.32 Å². The van der Waals surface area contributed by atoms with Crippen molar-refractivity contribution in [1.82, 2.24) is 0 Å². The van der Waals surface area contributed by atoms with Crippen LogP contribution in [0.25, 0.3) is 76.8 Å². The Kier molecular flexibility index (Phi) is 6.62. The first-order chi connectivity index (χ1) is 27.8. The maximum absolute atomic E-state index is 4.03. The van der Waals surface area contributed by atoms with Crippen molar-refractivity contribution in [3.8, 4) is 44.5 Å². The largest absolute Gasteiger partial charge is 0.355 e. The summed E-state index contributed by atoms with van der Waals surface area (Å²) in [7, 11) is 0. The first-order valence-electron chi connectivity index (χ1n) is 19.5. The van der Waals surface area contributed by atoms with Crippen LogP contribution in [0.3, 0.4) is 0 Å². The topological polar surface area (TPSA) is 12.0 Å². The van der Waals surface area contributed by atoms with Crippen molar-refractivity contribution in [2.24, 2.45) is 0 Å². The number of benzene rings is 10. The highest BCUT2D eigenvalue weighted by Crippen LogP contribution is 2.63. The number of nitrogens with one attached hydrogen (secondary N) is 1. The van der Waals surface area contributed by atoms with Gasteiger partial charge in [0.15, 0.2) is 0 Å². The molecule has 2 aliphatic carbocycles. The van der Waals surface area contributed by atoms with E-state index in [1.807, 2.05) is 0 Å². The monoisotopic (exact) mass is 709 g/mol. The van der Waals surface area contributed by atoms with Gasteiger partial charge in [-0.25, -0.2) is 0 Å². The lowest BCUT2D eigenvalue weighted by Gasteiger charge is -2.31. The molecule has 0 atom stereocenters. The molecule has 0 heterocycles. The van der Waals surface area contributed by atoms with Crippen molar-refractivity contribution in [2.75, 3.05) is 5.32 Å². The van der Waals surface area contributed by atoms with E-state index in [0.717, 1.165) is 11.4 Å². The molecule has 10 aromatic carbocycles. The summed E-state index contributed by atoms with van der Waals surface area (Å²) in [4.78, 5) is 0. The van der Waals surface area contributed by atoms with Gasteiger partial charge < -0.3 is 5.32 Å². The predicted molar refractivity (Wildman–Crippen MR) is 236 cm³/mol. The quantitative estimate of drug-likeness (QED) is 0.179. The second kappa shape index (κ2) is 11.9. The molecule has 0 fully saturated rings. The maximum atomic E-state index is 4.03. The van der Waals surface area contributed by atoms with E-state index in [4.69, 9.17) is 0 Å². The van der Waals surface area contributed by atoms with E-state index in [0.29, 0.717) is 0 Å². The third-order valence-electron chi connectivity index (χ3n) is 12.5. The van der Waals surface area contributed by atoms with Crippen molar-refractivity contribution in [1.29, 1.82) is 0 Å². The van der Waals surface area contributed by atoms with Crippen LogP contribution in [0.4, 0.5) is 11.4 Å². The molecule has 1 nitrogen and oxygen atoms in total. The molecule has 1 heteroatoms. The van der Waals surface area contributed by atoms with E-state index in [9.17, 15) is 0 Å². The van der Waals surface area contributed by atoms with Crippen LogP contribution in [0, 0.1) is 0 Å². The van der Waals surface area contributed by atoms with Gasteiger partial charge in [-0.3, -0.25) is 0 Å². The Bertz CT molecular complexity index is 3130. The summed E-state index contributed by atoms with van der Waals surface area (Å²) < 4.78 is 0. The molecule has 1 spiro atoms. The molecule has 12 rings (SSSR count). The fourth-order valence-electron chi connectivity index (χ4n) is 10.1. The van der Waals surface area contributed by atoms with Crippen LogP contribution in [-0.2, 0) is 5.41 Å². The summed E-state index contributed by atoms with van der Waals surface area (Å²) in [5, 5.41) is 11.7. The molecule has 0 unspecified atom stereocenters. The van der Waals surface area contributed by atoms with Crippen molar-refractivity contribution in [2.45, 2.75) is 5.41 Å². The van der Waals surface area contributed by atoms with Gasteiger partial charge in [0.05, 0.1) is 5.41 Å². The summed E-state index contributed by atoms with van der Waals surface area (Å²) in [6.45, 7) is 0. The lowest BCUT2D eigenvalue weighted by Crippen LogP contribution is -2.26. The van der Waals surface area contributed by atoms with Crippen LogP contribution in [0.2, 0.25) is 0 Å². The highest BCUT2D eigenvalue weighted by Gasteiger charge is 2.51. The van der Waals surface area contributed by atoms with Crippen LogP contribution in [-0.4, -0.2) is 0 Å². The molecule has 0 radical (unpaired) electrons. The van der Waals surface area contributed by atoms with Crippen LogP contribution in [0.15, 0.2) is 206 Å². The predicted octanol–water partition coefficient (Wildman–Crippen LogP) is 14.6. The first-order valence-corrected chi connectivity index (χ1v) is 19.5. The van der Waals surface area contributed by atoms with Gasteiger partial charge in [0.25, 0.3) is 0 Å². The van der Waals surface area contributed by atoms with Crippen molar-refractivity contribution >= 4 is 43.7 Å². The Balaban J connectivity index is 1.11. The number of hydrogen-bond donors (Lipinski definition) is 1. The maximum Gasteiger partial charge on any atom is 0.0726 e. The van der Waals surface area contributed by atoms with Gasteiger partial charge >= 0.3 is 0 Å². The van der Waals surface area contributed by atoms with E-state index in [1.54, 1.807) is 0 Å². The molecular formula is C55H35N. The third-order valence-corrected chi connectivity index (χ3v) is 12.5. The SMILES string of the molecule is c1ccc(-c2ccc(-c3cc4c(cc3Nc3ccc5c6ccccc6c6ccccc6c5c3)C3(c5ccccc5-c5ccccc53)c3ccccc3-4)cc2)cc1. The Labute approximate surface area is 326 Å². The van der Waals surface area contributed by atoms with Gasteiger partial charge in [-0.05, 0) is 118 Å². The van der Waals surface area contributed by atoms with Gasteiger partial charge in [-0.2, -0.15) is 0 Å². The van der Waals surface area contributed by atoms with Crippen LogP contribution in [0.1, 0.15) is 22.3 Å². The van der Waals surface area contributed by atoms with Gasteiger partial charge in [0.1, 0.15) is 0 Å². The molecule has 0 bridgehead atoms. The minimum Gasteiger partial charge on any atom is -0.355 e. The molecule has 260 valence electrons.